The molecule has 0 aromatic heterocycles. The van der Waals surface area contributed by atoms with Crippen LogP contribution in [0.15, 0.2) is 58.3 Å². The van der Waals surface area contributed by atoms with Crippen LogP contribution in [0.3, 0.4) is 0 Å². The minimum atomic E-state index is -1.52. The van der Waals surface area contributed by atoms with Crippen molar-refractivity contribution in [2.24, 2.45) is 0 Å². The number of benzene rings is 2. The fourth-order valence-corrected chi connectivity index (χ4v) is 3.67. The Kier molecular flexibility index (Phi) is 6.48. The SMILES string of the molecule is CCCC[C@@H](O)[C@@H](F)c1ccccc1[S@@](=O)c1ccc(C)cc1. The van der Waals surface area contributed by atoms with Crippen LogP contribution in [0.5, 0.6) is 0 Å². The molecule has 0 aliphatic carbocycles. The summed E-state index contributed by atoms with van der Waals surface area (Å²) in [5.74, 6) is 0. The number of unbranched alkanes of at least 4 members (excludes halogenated alkanes) is 1. The van der Waals surface area contributed by atoms with Crippen molar-refractivity contribution in [1.82, 2.24) is 0 Å². The Hall–Kier alpha value is -1.52. The van der Waals surface area contributed by atoms with Crippen LogP contribution in [-0.4, -0.2) is 15.4 Å². The van der Waals surface area contributed by atoms with Gasteiger partial charge in [0.2, 0.25) is 0 Å². The molecule has 2 aromatic rings. The van der Waals surface area contributed by atoms with Crippen LogP contribution in [0.2, 0.25) is 0 Å². The maximum atomic E-state index is 14.7. The number of aliphatic hydroxyl groups excluding tert-OH is 1. The van der Waals surface area contributed by atoms with Crippen LogP contribution in [0.25, 0.3) is 0 Å². The Morgan fingerprint density at radius 1 is 1.13 bits per heavy atom. The Morgan fingerprint density at radius 3 is 2.43 bits per heavy atom. The predicted molar refractivity (Wildman–Crippen MR) is 91.7 cm³/mol. The highest BCUT2D eigenvalue weighted by atomic mass is 32.2. The summed E-state index contributed by atoms with van der Waals surface area (Å²) in [4.78, 5) is 1.07. The summed E-state index contributed by atoms with van der Waals surface area (Å²) in [5.41, 5.74) is 1.40. The summed E-state index contributed by atoms with van der Waals surface area (Å²) in [5, 5.41) is 10.0. The van der Waals surface area contributed by atoms with Gasteiger partial charge in [-0.3, -0.25) is 0 Å². The summed E-state index contributed by atoms with van der Waals surface area (Å²) in [6, 6.07) is 14.1. The lowest BCUT2D eigenvalue weighted by Crippen LogP contribution is -2.16. The van der Waals surface area contributed by atoms with Gasteiger partial charge in [0.25, 0.3) is 0 Å². The third-order valence-electron chi connectivity index (χ3n) is 3.84. The second kappa shape index (κ2) is 8.37. The van der Waals surface area contributed by atoms with E-state index in [1.807, 2.05) is 26.0 Å². The standard InChI is InChI=1S/C19H23FO2S/c1-3-4-8-17(21)19(20)16-7-5-6-9-18(16)23(22)15-12-10-14(2)11-13-15/h5-7,9-13,17,19,21H,3-4,8H2,1-2H3/t17-,19+,23+/m1/s1. The first-order chi connectivity index (χ1) is 11.0. The first kappa shape index (κ1) is 17.8. The Labute approximate surface area is 139 Å². The van der Waals surface area contributed by atoms with Crippen LogP contribution >= 0.6 is 0 Å². The summed E-state index contributed by atoms with van der Waals surface area (Å²) in [7, 11) is -1.46. The molecule has 2 nitrogen and oxygen atoms in total. The fraction of sp³-hybridized carbons (Fsp3) is 0.368. The van der Waals surface area contributed by atoms with E-state index >= 15 is 0 Å². The van der Waals surface area contributed by atoms with Crippen molar-refractivity contribution in [2.45, 2.75) is 55.2 Å². The third kappa shape index (κ3) is 4.49. The molecule has 0 aliphatic heterocycles. The van der Waals surface area contributed by atoms with E-state index in [9.17, 15) is 13.7 Å². The molecule has 23 heavy (non-hydrogen) atoms. The summed E-state index contributed by atoms with van der Waals surface area (Å²) in [6.45, 7) is 3.96. The third-order valence-corrected chi connectivity index (χ3v) is 5.31. The number of rotatable bonds is 7. The maximum absolute atomic E-state index is 14.7. The fourth-order valence-electron chi connectivity index (χ4n) is 2.43. The monoisotopic (exact) mass is 334 g/mol. The Balaban J connectivity index is 2.29. The van der Waals surface area contributed by atoms with E-state index in [4.69, 9.17) is 0 Å². The summed E-state index contributed by atoms with van der Waals surface area (Å²) in [6.07, 6.45) is -0.507. The average Bonchev–Trinajstić information content (AvgIpc) is 2.59. The van der Waals surface area contributed by atoms with Gasteiger partial charge >= 0.3 is 0 Å². The summed E-state index contributed by atoms with van der Waals surface area (Å²) < 4.78 is 27.5. The number of aryl methyl sites for hydroxylation is 1. The highest BCUT2D eigenvalue weighted by Gasteiger charge is 2.24. The molecule has 0 bridgehead atoms. The van der Waals surface area contributed by atoms with Gasteiger partial charge in [-0.05, 0) is 31.5 Å². The molecule has 0 radical (unpaired) electrons. The van der Waals surface area contributed by atoms with E-state index in [-0.39, 0.29) is 0 Å². The number of hydrogen-bond donors (Lipinski definition) is 1. The number of halogens is 1. The molecule has 0 unspecified atom stereocenters. The number of aliphatic hydroxyl groups is 1. The van der Waals surface area contributed by atoms with Gasteiger partial charge in [0, 0.05) is 15.4 Å². The molecule has 124 valence electrons. The molecule has 3 atom stereocenters. The van der Waals surface area contributed by atoms with Gasteiger partial charge in [0.05, 0.1) is 16.9 Å². The van der Waals surface area contributed by atoms with E-state index in [2.05, 4.69) is 0 Å². The predicted octanol–water partition coefficient (Wildman–Crippen LogP) is 4.72. The van der Waals surface area contributed by atoms with Gasteiger partial charge in [-0.2, -0.15) is 0 Å². The van der Waals surface area contributed by atoms with Crippen molar-refractivity contribution in [3.8, 4) is 0 Å². The van der Waals surface area contributed by atoms with E-state index in [0.29, 0.717) is 21.8 Å². The van der Waals surface area contributed by atoms with Crippen molar-refractivity contribution < 1.29 is 13.7 Å². The average molecular weight is 334 g/mol. The molecule has 2 aromatic carbocycles. The number of hydrogen-bond acceptors (Lipinski definition) is 2. The molecule has 0 aliphatic rings. The first-order valence-electron chi connectivity index (χ1n) is 7.94. The molecular weight excluding hydrogens is 311 g/mol. The lowest BCUT2D eigenvalue weighted by molar-refractivity contribution is 0.0671. The van der Waals surface area contributed by atoms with Gasteiger partial charge in [0.1, 0.15) is 0 Å². The zero-order chi connectivity index (χ0) is 16.8. The second-order valence-corrected chi connectivity index (χ2v) is 7.18. The quantitative estimate of drug-likeness (QED) is 0.795. The zero-order valence-corrected chi connectivity index (χ0v) is 14.4. The highest BCUT2D eigenvalue weighted by Crippen LogP contribution is 2.31. The molecule has 0 spiro atoms. The van der Waals surface area contributed by atoms with Gasteiger partial charge in [-0.25, -0.2) is 8.60 Å². The highest BCUT2D eigenvalue weighted by molar-refractivity contribution is 7.85. The topological polar surface area (TPSA) is 37.3 Å². The first-order valence-corrected chi connectivity index (χ1v) is 9.09. The van der Waals surface area contributed by atoms with Crippen LogP contribution < -0.4 is 0 Å². The maximum Gasteiger partial charge on any atom is 0.152 e. The molecule has 0 heterocycles. The van der Waals surface area contributed by atoms with Gasteiger partial charge in [-0.1, -0.05) is 55.7 Å². The van der Waals surface area contributed by atoms with Crippen molar-refractivity contribution in [3.05, 3.63) is 59.7 Å². The smallest absolute Gasteiger partial charge is 0.152 e. The lowest BCUT2D eigenvalue weighted by atomic mass is 10.0. The van der Waals surface area contributed by atoms with Gasteiger partial charge < -0.3 is 5.11 Å². The molecule has 0 amide bonds. The van der Waals surface area contributed by atoms with Crippen LogP contribution in [0.1, 0.15) is 43.5 Å². The van der Waals surface area contributed by atoms with Gasteiger partial charge in [0.15, 0.2) is 6.17 Å². The van der Waals surface area contributed by atoms with E-state index < -0.39 is 23.1 Å². The van der Waals surface area contributed by atoms with E-state index in [1.165, 1.54) is 0 Å². The molecule has 0 saturated carbocycles. The molecule has 2 rings (SSSR count). The largest absolute Gasteiger partial charge is 0.390 e. The van der Waals surface area contributed by atoms with Gasteiger partial charge in [-0.15, -0.1) is 0 Å². The minimum absolute atomic E-state index is 0.315. The Morgan fingerprint density at radius 2 is 1.78 bits per heavy atom. The normalized spacial score (nSPS) is 15.1. The van der Waals surface area contributed by atoms with Crippen LogP contribution in [0.4, 0.5) is 4.39 Å². The van der Waals surface area contributed by atoms with Crippen molar-refractivity contribution in [1.29, 1.82) is 0 Å². The molecule has 0 saturated heterocycles. The van der Waals surface area contributed by atoms with Crippen LogP contribution in [0, 0.1) is 6.92 Å². The second-order valence-electron chi connectivity index (χ2n) is 5.73. The van der Waals surface area contributed by atoms with E-state index in [0.717, 1.165) is 18.4 Å². The van der Waals surface area contributed by atoms with E-state index in [1.54, 1.807) is 36.4 Å². The van der Waals surface area contributed by atoms with Crippen molar-refractivity contribution >= 4 is 10.8 Å². The Bertz CT molecular complexity index is 655. The zero-order valence-electron chi connectivity index (χ0n) is 13.5. The van der Waals surface area contributed by atoms with Crippen LogP contribution in [-0.2, 0) is 10.8 Å². The molecule has 0 fully saturated rings. The van der Waals surface area contributed by atoms with Crippen molar-refractivity contribution in [2.75, 3.05) is 0 Å². The molecule has 1 N–H and O–H groups in total. The summed E-state index contributed by atoms with van der Waals surface area (Å²) >= 11 is 0. The lowest BCUT2D eigenvalue weighted by Gasteiger charge is -2.18. The molecule has 4 heteroatoms. The van der Waals surface area contributed by atoms with Crippen molar-refractivity contribution in [3.63, 3.8) is 0 Å². The minimum Gasteiger partial charge on any atom is -0.390 e. The number of alkyl halides is 1. The molecular formula is C19H23FO2S.